The average molecular weight is 481 g/mol. The zero-order chi connectivity index (χ0) is 23.9. The standard InChI is InChI=1S/C18H20N5O9P/c1-8-3-2-4-9(5-8)15(26)21-18-20-14-11(16(27)22-18)19-7-23(14)17-13(25)12(24)10(32-17)6-31-33(28,29)30/h2-5,7,10,12-13,17,24-25H,6H2,1H3,(H2,28,29,30)(H2,20,21,22,26,27)/t10-,12+,13-,17-/m1/s1. The van der Waals surface area contributed by atoms with Crippen molar-refractivity contribution in [2.45, 2.75) is 31.5 Å². The quantitative estimate of drug-likeness (QED) is 0.245. The van der Waals surface area contributed by atoms with E-state index in [9.17, 15) is 24.4 Å². The molecule has 0 saturated carbocycles. The molecular weight excluding hydrogens is 461 g/mol. The topological polar surface area (TPSA) is 209 Å². The van der Waals surface area contributed by atoms with Crippen molar-refractivity contribution in [2.75, 3.05) is 11.9 Å². The van der Waals surface area contributed by atoms with Gasteiger partial charge < -0.3 is 24.7 Å². The second-order valence-corrected chi connectivity index (χ2v) is 8.63. The number of aliphatic hydroxyl groups excluding tert-OH is 2. The number of ether oxygens (including phenoxy) is 1. The Kier molecular flexibility index (Phi) is 6.16. The third kappa shape index (κ3) is 4.86. The molecule has 1 saturated heterocycles. The van der Waals surface area contributed by atoms with Crippen LogP contribution in [0.25, 0.3) is 11.2 Å². The predicted molar refractivity (Wildman–Crippen MR) is 111 cm³/mol. The summed E-state index contributed by atoms with van der Waals surface area (Å²) in [5.74, 6) is -0.704. The van der Waals surface area contributed by atoms with E-state index in [2.05, 4.69) is 24.8 Å². The summed E-state index contributed by atoms with van der Waals surface area (Å²) in [6.45, 7) is 1.12. The number of H-pyrrole nitrogens is 1. The van der Waals surface area contributed by atoms with Gasteiger partial charge in [0, 0.05) is 5.56 Å². The zero-order valence-corrected chi connectivity index (χ0v) is 17.9. The summed E-state index contributed by atoms with van der Waals surface area (Å²) in [4.78, 5) is 53.2. The highest BCUT2D eigenvalue weighted by atomic mass is 31.2. The van der Waals surface area contributed by atoms with Crippen molar-refractivity contribution in [1.82, 2.24) is 19.5 Å². The van der Waals surface area contributed by atoms with Gasteiger partial charge in [-0.25, -0.2) is 9.55 Å². The second-order valence-electron chi connectivity index (χ2n) is 7.39. The molecule has 1 amide bonds. The van der Waals surface area contributed by atoms with Crippen LogP contribution in [0.15, 0.2) is 35.4 Å². The normalized spacial score (nSPS) is 23.2. The summed E-state index contributed by atoms with van der Waals surface area (Å²) in [6.07, 6.45) is -4.55. The highest BCUT2D eigenvalue weighted by molar-refractivity contribution is 7.46. The Labute approximate surface area is 185 Å². The number of anilines is 1. The summed E-state index contributed by atoms with van der Waals surface area (Å²) in [5.41, 5.74) is 0.347. The Morgan fingerprint density at radius 3 is 2.79 bits per heavy atom. The molecule has 14 nitrogen and oxygen atoms in total. The van der Waals surface area contributed by atoms with Crippen molar-refractivity contribution in [3.63, 3.8) is 0 Å². The number of carbonyl (C=O) groups excluding carboxylic acids is 1. The van der Waals surface area contributed by atoms with Crippen LogP contribution in [0.4, 0.5) is 5.95 Å². The lowest BCUT2D eigenvalue weighted by Crippen LogP contribution is -2.33. The van der Waals surface area contributed by atoms with E-state index in [1.165, 1.54) is 0 Å². The first-order valence-electron chi connectivity index (χ1n) is 9.60. The fourth-order valence-electron chi connectivity index (χ4n) is 3.40. The second kappa shape index (κ2) is 8.76. The number of phosphoric acid groups is 1. The molecule has 3 aromatic rings. The number of aromatic nitrogens is 4. The Morgan fingerprint density at radius 2 is 2.09 bits per heavy atom. The number of hydrogen-bond acceptors (Lipinski definition) is 9. The van der Waals surface area contributed by atoms with Gasteiger partial charge >= 0.3 is 7.82 Å². The molecule has 0 aliphatic carbocycles. The molecule has 4 atom stereocenters. The van der Waals surface area contributed by atoms with Crippen molar-refractivity contribution >= 4 is 30.8 Å². The number of nitrogens with zero attached hydrogens (tertiary/aromatic N) is 3. The van der Waals surface area contributed by atoms with Gasteiger partial charge in [-0.2, -0.15) is 4.98 Å². The molecule has 6 N–H and O–H groups in total. The van der Waals surface area contributed by atoms with Gasteiger partial charge in [0.05, 0.1) is 12.9 Å². The summed E-state index contributed by atoms with van der Waals surface area (Å²) in [5, 5.41) is 23.1. The molecule has 1 aliphatic rings. The molecule has 1 fully saturated rings. The molecule has 0 radical (unpaired) electrons. The van der Waals surface area contributed by atoms with Gasteiger partial charge in [0.25, 0.3) is 11.5 Å². The third-order valence-electron chi connectivity index (χ3n) is 4.96. The number of hydrogen-bond donors (Lipinski definition) is 6. The van der Waals surface area contributed by atoms with E-state index in [1.54, 1.807) is 18.2 Å². The number of imidazole rings is 1. The van der Waals surface area contributed by atoms with Crippen LogP contribution in [0.5, 0.6) is 0 Å². The maximum absolute atomic E-state index is 12.5. The number of aromatic amines is 1. The van der Waals surface area contributed by atoms with Crippen molar-refractivity contribution < 1.29 is 38.6 Å². The molecule has 1 aliphatic heterocycles. The fourth-order valence-corrected chi connectivity index (χ4v) is 3.75. The van der Waals surface area contributed by atoms with Gasteiger partial charge in [0.15, 0.2) is 17.4 Å². The third-order valence-corrected chi connectivity index (χ3v) is 5.45. The van der Waals surface area contributed by atoms with Crippen molar-refractivity contribution in [1.29, 1.82) is 0 Å². The number of aryl methyl sites for hydroxylation is 1. The van der Waals surface area contributed by atoms with Crippen LogP contribution in [0.2, 0.25) is 0 Å². The smallest absolute Gasteiger partial charge is 0.387 e. The first-order valence-corrected chi connectivity index (χ1v) is 11.1. The SMILES string of the molecule is Cc1cccc(C(=O)Nc2nc3c(ncn3[C@@H]3O[C@H](COP(=O)(O)O)[C@H](O)[C@H]3O)c(=O)[nH]2)c1. The fraction of sp³-hybridized carbons (Fsp3) is 0.333. The van der Waals surface area contributed by atoms with E-state index in [-0.39, 0.29) is 17.1 Å². The van der Waals surface area contributed by atoms with Crippen LogP contribution in [-0.4, -0.2) is 70.3 Å². The minimum atomic E-state index is -4.83. The number of fused-ring (bicyclic) bond motifs is 1. The van der Waals surface area contributed by atoms with E-state index < -0.39 is 50.4 Å². The van der Waals surface area contributed by atoms with Crippen molar-refractivity contribution in [3.8, 4) is 0 Å². The first-order chi connectivity index (χ1) is 15.5. The monoisotopic (exact) mass is 481 g/mol. The van der Waals surface area contributed by atoms with Crippen LogP contribution >= 0.6 is 7.82 Å². The molecule has 3 heterocycles. The van der Waals surface area contributed by atoms with Gasteiger partial charge in [-0.15, -0.1) is 0 Å². The molecule has 2 aromatic heterocycles. The van der Waals surface area contributed by atoms with Crippen LogP contribution in [0.1, 0.15) is 22.1 Å². The number of nitrogens with one attached hydrogen (secondary N) is 2. The van der Waals surface area contributed by atoms with Gasteiger partial charge in [0.2, 0.25) is 5.95 Å². The van der Waals surface area contributed by atoms with E-state index in [0.29, 0.717) is 5.56 Å². The molecule has 4 rings (SSSR count). The van der Waals surface area contributed by atoms with Gasteiger partial charge in [-0.05, 0) is 19.1 Å². The molecule has 0 spiro atoms. The Morgan fingerprint density at radius 1 is 1.33 bits per heavy atom. The Balaban J connectivity index is 1.62. The molecule has 1 aromatic carbocycles. The molecule has 0 unspecified atom stereocenters. The minimum absolute atomic E-state index is 0.0638. The molecule has 176 valence electrons. The van der Waals surface area contributed by atoms with E-state index in [4.69, 9.17) is 14.5 Å². The molecular formula is C18H20N5O9P. The summed E-state index contributed by atoms with van der Waals surface area (Å²) < 4.78 is 21.9. The van der Waals surface area contributed by atoms with Crippen LogP contribution in [-0.2, 0) is 13.8 Å². The van der Waals surface area contributed by atoms with Crippen molar-refractivity contribution in [2.24, 2.45) is 0 Å². The largest absolute Gasteiger partial charge is 0.469 e. The van der Waals surface area contributed by atoms with Crippen LogP contribution in [0, 0.1) is 6.92 Å². The highest BCUT2D eigenvalue weighted by Gasteiger charge is 2.45. The maximum atomic E-state index is 12.5. The van der Waals surface area contributed by atoms with Gasteiger partial charge in [0.1, 0.15) is 18.3 Å². The molecule has 0 bridgehead atoms. The van der Waals surface area contributed by atoms with E-state index in [0.717, 1.165) is 16.5 Å². The highest BCUT2D eigenvalue weighted by Crippen LogP contribution is 2.38. The lowest BCUT2D eigenvalue weighted by Gasteiger charge is -2.16. The average Bonchev–Trinajstić information content (AvgIpc) is 3.28. The van der Waals surface area contributed by atoms with Gasteiger partial charge in [-0.3, -0.25) is 29.0 Å². The summed E-state index contributed by atoms with van der Waals surface area (Å²) in [6, 6.07) is 6.77. The van der Waals surface area contributed by atoms with E-state index in [1.807, 2.05) is 13.0 Å². The lowest BCUT2D eigenvalue weighted by molar-refractivity contribution is -0.0503. The predicted octanol–water partition coefficient (Wildman–Crippen LogP) is -0.591. The van der Waals surface area contributed by atoms with Crippen LogP contribution < -0.4 is 10.9 Å². The number of carbonyl (C=O) groups is 1. The number of amides is 1. The van der Waals surface area contributed by atoms with E-state index >= 15 is 0 Å². The first kappa shape index (κ1) is 23.2. The maximum Gasteiger partial charge on any atom is 0.469 e. The Bertz CT molecular complexity index is 1300. The lowest BCUT2D eigenvalue weighted by atomic mass is 10.1. The molecule has 15 heteroatoms. The number of aliphatic hydroxyl groups is 2. The number of benzene rings is 1. The summed E-state index contributed by atoms with van der Waals surface area (Å²) >= 11 is 0. The Hall–Kier alpha value is -2.97. The van der Waals surface area contributed by atoms with Gasteiger partial charge in [-0.1, -0.05) is 17.7 Å². The van der Waals surface area contributed by atoms with Crippen molar-refractivity contribution in [3.05, 3.63) is 52.1 Å². The zero-order valence-electron chi connectivity index (χ0n) is 17.0. The molecule has 33 heavy (non-hydrogen) atoms. The summed E-state index contributed by atoms with van der Waals surface area (Å²) in [7, 11) is -4.83. The minimum Gasteiger partial charge on any atom is -0.387 e. The number of phosphoric ester groups is 1. The van der Waals surface area contributed by atoms with Crippen LogP contribution in [0.3, 0.4) is 0 Å². The number of rotatable bonds is 6.